The molecule has 3 N–H and O–H groups in total. The Kier molecular flexibility index (Phi) is 6.96. The molecule has 0 unspecified atom stereocenters. The molecule has 0 saturated heterocycles. The molecule has 1 fully saturated rings. The minimum Gasteiger partial charge on any atom is -0.278 e. The summed E-state index contributed by atoms with van der Waals surface area (Å²) in [5, 5.41) is 7.27. The van der Waals surface area contributed by atoms with E-state index in [0.29, 0.717) is 0 Å². The third-order valence-corrected chi connectivity index (χ3v) is 4.06. The normalized spacial score (nSPS) is 20.8. The monoisotopic (exact) mass is 365 g/mol. The van der Waals surface area contributed by atoms with Gasteiger partial charge in [0.05, 0.1) is 0 Å². The Morgan fingerprint density at radius 2 is 1.44 bits per heavy atom. The van der Waals surface area contributed by atoms with Crippen molar-refractivity contribution < 1.29 is 4.79 Å². The third-order valence-electron chi connectivity index (χ3n) is 3.79. The molecule has 0 atom stereocenters. The zero-order valence-electron chi connectivity index (χ0n) is 11.2. The molecule has 0 heterocycles. The summed E-state index contributed by atoms with van der Waals surface area (Å²) in [5.74, 6) is 0.0319. The molecule has 0 radical (unpaired) electrons. The zero-order valence-corrected chi connectivity index (χ0v) is 13.3. The van der Waals surface area contributed by atoms with Crippen molar-refractivity contribution in [1.29, 1.82) is 5.41 Å². The van der Waals surface area contributed by atoms with Gasteiger partial charge in [0.2, 0.25) is 5.91 Å². The molecule has 0 spiro atoms. The summed E-state index contributed by atoms with van der Waals surface area (Å²) in [6.07, 6.45) is 10.6. The van der Waals surface area contributed by atoms with E-state index in [1.165, 1.54) is 32.1 Å². The zero-order chi connectivity index (χ0) is 13.4. The standard InChI is InChI=1S/C13H24IN3O/c1-13(11(18)16-17-12(14)15)9-7-5-3-2-4-6-8-10-13/h2-10H2,1H3,(H2,15,17)(H,16,18). The number of hydrogen-bond donors (Lipinski definition) is 3. The van der Waals surface area contributed by atoms with E-state index in [-0.39, 0.29) is 15.2 Å². The van der Waals surface area contributed by atoms with Crippen molar-refractivity contribution in [3.05, 3.63) is 0 Å². The van der Waals surface area contributed by atoms with E-state index in [0.717, 1.165) is 25.7 Å². The smallest absolute Gasteiger partial charge is 0.244 e. The third kappa shape index (κ3) is 5.54. The summed E-state index contributed by atoms with van der Waals surface area (Å²) in [6.45, 7) is 2.06. The van der Waals surface area contributed by atoms with Crippen molar-refractivity contribution in [3.63, 3.8) is 0 Å². The Labute approximate surface area is 123 Å². The second-order valence-corrected chi connectivity index (χ2v) is 6.51. The Balaban J connectivity index is 2.53. The van der Waals surface area contributed by atoms with Crippen molar-refractivity contribution in [2.24, 2.45) is 5.41 Å². The van der Waals surface area contributed by atoms with Crippen LogP contribution in [0.1, 0.15) is 64.7 Å². The molecule has 0 aromatic heterocycles. The van der Waals surface area contributed by atoms with Gasteiger partial charge in [-0.25, -0.2) is 0 Å². The van der Waals surface area contributed by atoms with Crippen LogP contribution in [-0.2, 0) is 4.79 Å². The summed E-state index contributed by atoms with van der Waals surface area (Å²) < 4.78 is 0.240. The van der Waals surface area contributed by atoms with Crippen LogP contribution in [0.25, 0.3) is 0 Å². The van der Waals surface area contributed by atoms with E-state index in [2.05, 4.69) is 17.8 Å². The molecule has 18 heavy (non-hydrogen) atoms. The number of nitrogens with one attached hydrogen (secondary N) is 3. The van der Waals surface area contributed by atoms with Gasteiger partial charge in [-0.2, -0.15) is 0 Å². The fraction of sp³-hybridized carbons (Fsp3) is 0.846. The first-order chi connectivity index (χ1) is 8.54. The van der Waals surface area contributed by atoms with Crippen LogP contribution in [0.4, 0.5) is 0 Å². The molecular formula is C13H24IN3O. The lowest BCUT2D eigenvalue weighted by Gasteiger charge is -2.29. The molecule has 1 aliphatic carbocycles. The molecule has 0 bridgehead atoms. The topological polar surface area (TPSA) is 65.0 Å². The number of amidine groups is 1. The van der Waals surface area contributed by atoms with Crippen LogP contribution in [0.15, 0.2) is 0 Å². The maximum absolute atomic E-state index is 12.2. The largest absolute Gasteiger partial charge is 0.278 e. The van der Waals surface area contributed by atoms with Crippen molar-refractivity contribution in [3.8, 4) is 0 Å². The van der Waals surface area contributed by atoms with E-state index < -0.39 is 0 Å². The summed E-state index contributed by atoms with van der Waals surface area (Å²) in [6, 6.07) is 0. The van der Waals surface area contributed by atoms with E-state index in [9.17, 15) is 4.79 Å². The number of hydrogen-bond acceptors (Lipinski definition) is 2. The molecule has 0 aromatic rings. The van der Waals surface area contributed by atoms with E-state index in [4.69, 9.17) is 5.41 Å². The molecule has 1 aliphatic rings. The summed E-state index contributed by atoms with van der Waals surface area (Å²) in [5.41, 5.74) is 4.98. The predicted molar refractivity (Wildman–Crippen MR) is 82.7 cm³/mol. The maximum atomic E-state index is 12.2. The lowest BCUT2D eigenvalue weighted by Crippen LogP contribution is -2.47. The Morgan fingerprint density at radius 3 is 1.89 bits per heavy atom. The molecule has 1 rings (SSSR count). The van der Waals surface area contributed by atoms with Crippen molar-refractivity contribution in [1.82, 2.24) is 10.9 Å². The van der Waals surface area contributed by atoms with Crippen LogP contribution in [0.2, 0.25) is 0 Å². The van der Waals surface area contributed by atoms with Gasteiger partial charge in [0.1, 0.15) is 0 Å². The molecule has 0 aliphatic heterocycles. The Hall–Kier alpha value is -0.330. The van der Waals surface area contributed by atoms with Crippen LogP contribution < -0.4 is 10.9 Å². The Bertz CT molecular complexity index is 284. The van der Waals surface area contributed by atoms with Gasteiger partial charge in [0.15, 0.2) is 3.84 Å². The first-order valence-electron chi connectivity index (χ1n) is 6.85. The Morgan fingerprint density at radius 1 is 1.00 bits per heavy atom. The van der Waals surface area contributed by atoms with Crippen LogP contribution in [0, 0.1) is 10.8 Å². The lowest BCUT2D eigenvalue weighted by molar-refractivity contribution is -0.131. The van der Waals surface area contributed by atoms with E-state index in [1.807, 2.05) is 22.6 Å². The van der Waals surface area contributed by atoms with Gasteiger partial charge in [-0.15, -0.1) is 0 Å². The number of rotatable bonds is 1. The number of carbonyl (C=O) groups is 1. The van der Waals surface area contributed by atoms with Crippen LogP contribution in [0.3, 0.4) is 0 Å². The molecule has 1 saturated carbocycles. The highest BCUT2D eigenvalue weighted by molar-refractivity contribution is 14.1. The molecule has 5 heteroatoms. The highest BCUT2D eigenvalue weighted by Gasteiger charge is 2.32. The van der Waals surface area contributed by atoms with Gasteiger partial charge >= 0.3 is 0 Å². The van der Waals surface area contributed by atoms with Crippen LogP contribution in [-0.4, -0.2) is 9.75 Å². The minimum atomic E-state index is -0.281. The maximum Gasteiger partial charge on any atom is 0.244 e. The summed E-state index contributed by atoms with van der Waals surface area (Å²) in [4.78, 5) is 12.2. The lowest BCUT2D eigenvalue weighted by atomic mass is 9.78. The van der Waals surface area contributed by atoms with Gasteiger partial charge in [-0.1, -0.05) is 51.9 Å². The average Bonchev–Trinajstić information content (AvgIpc) is 2.34. The first kappa shape index (κ1) is 15.7. The molecular weight excluding hydrogens is 341 g/mol. The van der Waals surface area contributed by atoms with Crippen LogP contribution in [0.5, 0.6) is 0 Å². The fourth-order valence-corrected chi connectivity index (χ4v) is 2.66. The number of amides is 1. The SMILES string of the molecule is CC1(C(=O)NNC(=N)I)CCCCCCCCC1. The molecule has 0 aromatic carbocycles. The van der Waals surface area contributed by atoms with Gasteiger partial charge < -0.3 is 0 Å². The minimum absolute atomic E-state index is 0.0319. The van der Waals surface area contributed by atoms with Crippen molar-refractivity contribution >= 4 is 32.3 Å². The summed E-state index contributed by atoms with van der Waals surface area (Å²) >= 11 is 1.83. The quantitative estimate of drug-likeness (QED) is 0.219. The summed E-state index contributed by atoms with van der Waals surface area (Å²) in [7, 11) is 0. The second-order valence-electron chi connectivity index (χ2n) is 5.43. The highest BCUT2D eigenvalue weighted by Crippen LogP contribution is 2.32. The van der Waals surface area contributed by atoms with E-state index in [1.54, 1.807) is 0 Å². The van der Waals surface area contributed by atoms with Gasteiger partial charge in [0.25, 0.3) is 0 Å². The fourth-order valence-electron chi connectivity index (χ4n) is 2.53. The second kappa shape index (κ2) is 7.96. The first-order valence-corrected chi connectivity index (χ1v) is 7.93. The van der Waals surface area contributed by atoms with Crippen molar-refractivity contribution in [2.75, 3.05) is 0 Å². The number of halogens is 1. The van der Waals surface area contributed by atoms with Gasteiger partial charge in [-0.05, 0) is 12.8 Å². The number of hydrazine groups is 1. The van der Waals surface area contributed by atoms with Gasteiger partial charge in [-0.3, -0.25) is 21.1 Å². The van der Waals surface area contributed by atoms with E-state index >= 15 is 0 Å². The number of carbonyl (C=O) groups excluding carboxylic acids is 1. The molecule has 104 valence electrons. The van der Waals surface area contributed by atoms with Gasteiger partial charge in [0, 0.05) is 28.0 Å². The van der Waals surface area contributed by atoms with Crippen molar-refractivity contribution in [2.45, 2.75) is 64.7 Å². The average molecular weight is 365 g/mol. The highest BCUT2D eigenvalue weighted by atomic mass is 127. The van der Waals surface area contributed by atoms with Crippen LogP contribution >= 0.6 is 22.6 Å². The predicted octanol–water partition coefficient (Wildman–Crippen LogP) is 3.51. The molecule has 1 amide bonds. The molecule has 4 nitrogen and oxygen atoms in total.